The Labute approximate surface area is 173 Å². The minimum absolute atomic E-state index is 0.287. The Morgan fingerprint density at radius 3 is 2.77 bits per heavy atom. The first kappa shape index (κ1) is 19.2. The second-order valence-corrected chi connectivity index (χ2v) is 7.09. The summed E-state index contributed by atoms with van der Waals surface area (Å²) in [5.41, 5.74) is 11.0. The number of allylic oxidation sites excluding steroid dienone is 1. The monoisotopic (exact) mass is 398 g/mol. The highest BCUT2D eigenvalue weighted by atomic mass is 16.1. The number of rotatable bonds is 4. The predicted molar refractivity (Wildman–Crippen MR) is 119 cm³/mol. The molecule has 0 aliphatic heterocycles. The maximum absolute atomic E-state index is 12.8. The Hall–Kier alpha value is -4.13. The van der Waals surface area contributed by atoms with E-state index < -0.39 is 0 Å². The van der Waals surface area contributed by atoms with E-state index in [1.807, 2.05) is 50.3 Å². The molecule has 0 spiro atoms. The van der Waals surface area contributed by atoms with Crippen molar-refractivity contribution in [1.29, 1.82) is 0 Å². The Bertz CT molecular complexity index is 1390. The highest BCUT2D eigenvalue weighted by molar-refractivity contribution is 6.08. The van der Waals surface area contributed by atoms with Crippen molar-refractivity contribution >= 4 is 34.6 Å². The van der Waals surface area contributed by atoms with Gasteiger partial charge in [-0.15, -0.1) is 0 Å². The van der Waals surface area contributed by atoms with E-state index in [4.69, 9.17) is 5.73 Å². The summed E-state index contributed by atoms with van der Waals surface area (Å²) < 4.78 is 0. The van der Waals surface area contributed by atoms with Gasteiger partial charge >= 0.3 is 0 Å². The molecule has 5 N–H and O–H groups in total. The summed E-state index contributed by atoms with van der Waals surface area (Å²) in [5.74, 6) is -0.287. The summed E-state index contributed by atoms with van der Waals surface area (Å²) in [5, 5.41) is 12.6. The lowest BCUT2D eigenvalue weighted by atomic mass is 10.0. The molecule has 0 fully saturated rings. The number of aromatic amines is 2. The first-order chi connectivity index (χ1) is 14.5. The van der Waals surface area contributed by atoms with Crippen LogP contribution in [0.25, 0.3) is 23.1 Å². The summed E-state index contributed by atoms with van der Waals surface area (Å²) >= 11 is 0. The molecule has 7 heteroatoms. The van der Waals surface area contributed by atoms with Crippen molar-refractivity contribution in [1.82, 2.24) is 20.2 Å². The maximum Gasteiger partial charge on any atom is 0.274 e. The largest absolute Gasteiger partial charge is 0.405 e. The van der Waals surface area contributed by atoms with Crippen LogP contribution in [0, 0.1) is 13.8 Å². The van der Waals surface area contributed by atoms with Crippen molar-refractivity contribution in [2.45, 2.75) is 13.8 Å². The summed E-state index contributed by atoms with van der Waals surface area (Å²) in [6, 6.07) is 11.2. The van der Waals surface area contributed by atoms with Crippen LogP contribution in [0.5, 0.6) is 0 Å². The normalized spacial score (nSPS) is 12.5. The first-order valence-electron chi connectivity index (χ1n) is 9.46. The van der Waals surface area contributed by atoms with Gasteiger partial charge in [-0.3, -0.25) is 9.89 Å². The van der Waals surface area contributed by atoms with E-state index in [-0.39, 0.29) is 5.91 Å². The number of fused-ring (bicyclic) bond motifs is 1. The average Bonchev–Trinajstić information content (AvgIpc) is 3.32. The van der Waals surface area contributed by atoms with Crippen LogP contribution in [0.4, 0.5) is 5.69 Å². The molecule has 0 unspecified atom stereocenters. The van der Waals surface area contributed by atoms with Crippen LogP contribution in [0.1, 0.15) is 27.4 Å². The molecule has 0 saturated heterocycles. The van der Waals surface area contributed by atoms with Gasteiger partial charge in [0.25, 0.3) is 5.91 Å². The molecule has 3 aromatic heterocycles. The third-order valence-electron chi connectivity index (χ3n) is 4.83. The van der Waals surface area contributed by atoms with Gasteiger partial charge in [-0.2, -0.15) is 5.10 Å². The SMILES string of the molecule is C=c1[nH]c(C)c/c1=C(/C=C\N)c1cc(NC(=O)c2cccc(C)n2)c2cn[nH]c2c1. The average molecular weight is 398 g/mol. The highest BCUT2D eigenvalue weighted by Gasteiger charge is 2.14. The van der Waals surface area contributed by atoms with Gasteiger partial charge < -0.3 is 16.0 Å². The van der Waals surface area contributed by atoms with Gasteiger partial charge in [0.05, 0.1) is 17.4 Å². The molecule has 0 radical (unpaired) electrons. The molecule has 30 heavy (non-hydrogen) atoms. The van der Waals surface area contributed by atoms with Gasteiger partial charge in [0.2, 0.25) is 0 Å². The fourth-order valence-corrected chi connectivity index (χ4v) is 3.49. The number of benzene rings is 1. The van der Waals surface area contributed by atoms with E-state index in [9.17, 15) is 4.79 Å². The number of H-pyrrole nitrogens is 2. The quantitative estimate of drug-likeness (QED) is 0.422. The number of nitrogens with one attached hydrogen (secondary N) is 3. The van der Waals surface area contributed by atoms with Gasteiger partial charge in [-0.05, 0) is 67.6 Å². The standard InChI is InChI=1S/C23H22N6O/c1-13-5-4-6-20(27-13)23(30)28-21-10-16(11-22-19(21)12-25-29-22)17(7-8-24)18-9-14(2)26-15(18)3/h4-12,26H,3,24H2,1-2H3,(H,25,29)(H,28,30)/b8-7-,18-17+. The minimum Gasteiger partial charge on any atom is -0.405 e. The molecule has 1 aromatic carbocycles. The number of carbonyl (C=O) groups excluding carboxylic acids is 1. The molecule has 0 aliphatic rings. The van der Waals surface area contributed by atoms with E-state index in [0.29, 0.717) is 11.4 Å². The fraction of sp³-hybridized carbons (Fsp3) is 0.0870. The van der Waals surface area contributed by atoms with Gasteiger partial charge in [0, 0.05) is 27.3 Å². The molecular weight excluding hydrogens is 376 g/mol. The van der Waals surface area contributed by atoms with Crippen LogP contribution in [-0.2, 0) is 0 Å². The van der Waals surface area contributed by atoms with Crippen molar-refractivity contribution in [3.8, 4) is 0 Å². The van der Waals surface area contributed by atoms with E-state index in [1.165, 1.54) is 6.20 Å². The van der Waals surface area contributed by atoms with Crippen LogP contribution in [0.2, 0.25) is 0 Å². The minimum atomic E-state index is -0.287. The number of anilines is 1. The highest BCUT2D eigenvalue weighted by Crippen LogP contribution is 2.27. The summed E-state index contributed by atoms with van der Waals surface area (Å²) in [7, 11) is 0. The fourth-order valence-electron chi connectivity index (χ4n) is 3.49. The van der Waals surface area contributed by atoms with E-state index in [2.05, 4.69) is 32.1 Å². The van der Waals surface area contributed by atoms with Crippen molar-refractivity contribution in [3.63, 3.8) is 0 Å². The van der Waals surface area contributed by atoms with E-state index in [1.54, 1.807) is 12.3 Å². The molecule has 0 aliphatic carbocycles. The van der Waals surface area contributed by atoms with E-state index >= 15 is 0 Å². The van der Waals surface area contributed by atoms with Gasteiger partial charge in [-0.1, -0.05) is 12.6 Å². The molecule has 4 aromatic rings. The van der Waals surface area contributed by atoms with Gasteiger partial charge in [0.15, 0.2) is 0 Å². The number of aryl methyl sites for hydroxylation is 2. The number of nitrogens with zero attached hydrogens (tertiary/aromatic N) is 2. The van der Waals surface area contributed by atoms with E-state index in [0.717, 1.165) is 44.0 Å². The molecule has 0 bridgehead atoms. The molecular formula is C23H22N6O. The maximum atomic E-state index is 12.8. The summed E-state index contributed by atoms with van der Waals surface area (Å²) in [6.07, 6.45) is 5.00. The second kappa shape index (κ2) is 7.71. The second-order valence-electron chi connectivity index (χ2n) is 7.09. The van der Waals surface area contributed by atoms with Crippen LogP contribution >= 0.6 is 0 Å². The van der Waals surface area contributed by atoms with Crippen LogP contribution in [-0.4, -0.2) is 26.1 Å². The number of pyridine rings is 1. The molecule has 0 atom stereocenters. The Morgan fingerprint density at radius 1 is 1.23 bits per heavy atom. The molecule has 3 heterocycles. The Morgan fingerprint density at radius 2 is 2.07 bits per heavy atom. The van der Waals surface area contributed by atoms with Crippen molar-refractivity contribution < 1.29 is 4.79 Å². The number of hydrogen-bond acceptors (Lipinski definition) is 4. The summed E-state index contributed by atoms with van der Waals surface area (Å²) in [4.78, 5) is 20.3. The van der Waals surface area contributed by atoms with Crippen molar-refractivity contribution in [3.05, 3.63) is 88.1 Å². The lowest BCUT2D eigenvalue weighted by Crippen LogP contribution is -2.23. The van der Waals surface area contributed by atoms with Crippen molar-refractivity contribution in [2.75, 3.05) is 5.32 Å². The smallest absolute Gasteiger partial charge is 0.274 e. The van der Waals surface area contributed by atoms with Gasteiger partial charge in [0.1, 0.15) is 5.69 Å². The first-order valence-corrected chi connectivity index (χ1v) is 9.46. The van der Waals surface area contributed by atoms with Crippen LogP contribution < -0.4 is 21.6 Å². The predicted octanol–water partition coefficient (Wildman–Crippen LogP) is 2.24. The lowest BCUT2D eigenvalue weighted by Gasteiger charge is -2.10. The molecule has 1 amide bonds. The number of amides is 1. The van der Waals surface area contributed by atoms with Crippen LogP contribution in [0.15, 0.2) is 54.9 Å². The third-order valence-corrected chi connectivity index (χ3v) is 4.83. The number of aromatic nitrogens is 4. The number of hydrogen-bond donors (Lipinski definition) is 4. The third kappa shape index (κ3) is 3.60. The van der Waals surface area contributed by atoms with Gasteiger partial charge in [-0.25, -0.2) is 4.98 Å². The number of nitrogens with two attached hydrogens (primary N) is 1. The van der Waals surface area contributed by atoms with Crippen molar-refractivity contribution in [2.24, 2.45) is 5.73 Å². The zero-order chi connectivity index (χ0) is 21.3. The number of carbonyl (C=O) groups is 1. The molecule has 0 saturated carbocycles. The molecule has 150 valence electrons. The molecule has 4 rings (SSSR count). The zero-order valence-electron chi connectivity index (χ0n) is 16.8. The Kier molecular flexibility index (Phi) is 4.93. The lowest BCUT2D eigenvalue weighted by molar-refractivity contribution is 0.102. The van der Waals surface area contributed by atoms with Crippen LogP contribution in [0.3, 0.4) is 0 Å². The molecule has 7 nitrogen and oxygen atoms in total. The topological polar surface area (TPSA) is 112 Å². The Balaban J connectivity index is 1.87. The zero-order valence-corrected chi connectivity index (χ0v) is 16.8. The summed E-state index contributed by atoms with van der Waals surface area (Å²) in [6.45, 7) is 7.91.